The fourth-order valence-electron chi connectivity index (χ4n) is 0.842. The van der Waals surface area contributed by atoms with E-state index in [9.17, 15) is 0 Å². The van der Waals surface area contributed by atoms with Crippen LogP contribution in [-0.4, -0.2) is 16.7 Å². The lowest BCUT2D eigenvalue weighted by atomic mass is 10.1. The zero-order chi connectivity index (χ0) is 8.27. The van der Waals surface area contributed by atoms with Crippen LogP contribution in [0.4, 0.5) is 5.82 Å². The fourth-order valence-corrected chi connectivity index (χ4v) is 0.842. The maximum Gasteiger partial charge on any atom is 0.128 e. The molecule has 0 saturated heterocycles. The summed E-state index contributed by atoms with van der Waals surface area (Å²) in [5.41, 5.74) is 11.7. The highest BCUT2D eigenvalue weighted by molar-refractivity contribution is 5.85. The number of nitrogen functional groups attached to an aromatic ring is 1. The number of anilines is 1. The Kier molecular flexibility index (Phi) is 4.58. The van der Waals surface area contributed by atoms with Gasteiger partial charge in [-0.2, -0.15) is 0 Å². The molecule has 1 heterocycles. The van der Waals surface area contributed by atoms with Crippen molar-refractivity contribution >= 4 is 18.2 Å². The van der Waals surface area contributed by atoms with Crippen LogP contribution < -0.4 is 11.5 Å². The third kappa shape index (κ3) is 2.34. The number of pyridine rings is 1. The lowest BCUT2D eigenvalue weighted by Crippen LogP contribution is -2.16. The average molecular weight is 190 g/mol. The monoisotopic (exact) mass is 189 g/mol. The van der Waals surface area contributed by atoms with Crippen LogP contribution in [0.5, 0.6) is 0 Å². The summed E-state index contributed by atoms with van der Waals surface area (Å²) in [4.78, 5) is 3.83. The number of hydrogen-bond donors (Lipinski definition) is 3. The van der Waals surface area contributed by atoms with Crippen LogP contribution in [-0.2, 0) is 0 Å². The van der Waals surface area contributed by atoms with Crippen molar-refractivity contribution in [2.75, 3.05) is 12.3 Å². The highest BCUT2D eigenvalue weighted by atomic mass is 35.5. The molecular formula is C7H12ClN3O. The highest BCUT2D eigenvalue weighted by Crippen LogP contribution is 2.14. The molecule has 0 unspecified atom stereocenters. The van der Waals surface area contributed by atoms with Crippen LogP contribution in [0.2, 0.25) is 0 Å². The van der Waals surface area contributed by atoms with Gasteiger partial charge >= 0.3 is 0 Å². The van der Waals surface area contributed by atoms with Crippen LogP contribution in [0, 0.1) is 0 Å². The second-order valence-corrected chi connectivity index (χ2v) is 2.27. The zero-order valence-corrected chi connectivity index (χ0v) is 7.29. The van der Waals surface area contributed by atoms with Crippen molar-refractivity contribution in [3.63, 3.8) is 0 Å². The normalized spacial score (nSPS) is 11.8. The van der Waals surface area contributed by atoms with Gasteiger partial charge in [0.1, 0.15) is 5.82 Å². The van der Waals surface area contributed by atoms with Crippen LogP contribution in [0.3, 0.4) is 0 Å². The molecule has 68 valence electrons. The minimum atomic E-state index is -0.427. The van der Waals surface area contributed by atoms with E-state index < -0.39 is 6.04 Å². The largest absolute Gasteiger partial charge is 0.394 e. The summed E-state index contributed by atoms with van der Waals surface area (Å²) in [7, 11) is 0. The number of aliphatic hydroxyl groups is 1. The van der Waals surface area contributed by atoms with E-state index in [1.54, 1.807) is 18.3 Å². The highest BCUT2D eigenvalue weighted by Gasteiger charge is 2.07. The minimum absolute atomic E-state index is 0. The molecule has 1 aromatic heterocycles. The molecule has 0 bridgehead atoms. The van der Waals surface area contributed by atoms with E-state index >= 15 is 0 Å². The number of aromatic nitrogens is 1. The lowest BCUT2D eigenvalue weighted by molar-refractivity contribution is 0.268. The van der Waals surface area contributed by atoms with E-state index in [0.29, 0.717) is 11.4 Å². The maximum atomic E-state index is 8.70. The molecule has 0 saturated carbocycles. The van der Waals surface area contributed by atoms with Crippen LogP contribution >= 0.6 is 12.4 Å². The van der Waals surface area contributed by atoms with E-state index in [-0.39, 0.29) is 19.0 Å². The average Bonchev–Trinajstić information content (AvgIpc) is 2.04. The van der Waals surface area contributed by atoms with Gasteiger partial charge in [0.25, 0.3) is 0 Å². The molecule has 0 spiro atoms. The Morgan fingerprint density at radius 2 is 2.25 bits per heavy atom. The number of aliphatic hydroxyl groups excluding tert-OH is 1. The van der Waals surface area contributed by atoms with Gasteiger partial charge in [-0.15, -0.1) is 12.4 Å². The van der Waals surface area contributed by atoms with Crippen LogP contribution in [0.15, 0.2) is 18.3 Å². The molecule has 12 heavy (non-hydrogen) atoms. The van der Waals surface area contributed by atoms with Crippen molar-refractivity contribution in [2.24, 2.45) is 5.73 Å². The Hall–Kier alpha value is -0.840. The van der Waals surface area contributed by atoms with Crippen LogP contribution in [0.25, 0.3) is 0 Å². The Labute approximate surface area is 77.0 Å². The first-order valence-electron chi connectivity index (χ1n) is 3.32. The van der Waals surface area contributed by atoms with Gasteiger partial charge in [-0.25, -0.2) is 4.98 Å². The Morgan fingerprint density at radius 1 is 1.58 bits per heavy atom. The minimum Gasteiger partial charge on any atom is -0.394 e. The molecule has 1 aromatic rings. The third-order valence-electron chi connectivity index (χ3n) is 1.47. The maximum absolute atomic E-state index is 8.70. The first-order chi connectivity index (χ1) is 5.25. The topological polar surface area (TPSA) is 85.2 Å². The van der Waals surface area contributed by atoms with E-state index in [1.165, 1.54) is 0 Å². The van der Waals surface area contributed by atoms with Gasteiger partial charge in [-0.3, -0.25) is 0 Å². The lowest BCUT2D eigenvalue weighted by Gasteiger charge is -2.09. The van der Waals surface area contributed by atoms with Crippen molar-refractivity contribution < 1.29 is 5.11 Å². The fraction of sp³-hybridized carbons (Fsp3) is 0.286. The standard InChI is InChI=1S/C7H11N3O.ClH/c8-6(4-11)5-2-1-3-10-7(5)9;/h1-3,6,11H,4,8H2,(H2,9,10);1H/t6-;/m0./s1. The molecule has 0 radical (unpaired) electrons. The van der Waals surface area contributed by atoms with Gasteiger partial charge in [-0.1, -0.05) is 6.07 Å². The number of hydrogen-bond acceptors (Lipinski definition) is 4. The molecule has 1 rings (SSSR count). The number of rotatable bonds is 2. The summed E-state index contributed by atoms with van der Waals surface area (Å²) in [6.45, 7) is -0.115. The Bertz CT molecular complexity index is 244. The van der Waals surface area contributed by atoms with Crippen molar-refractivity contribution in [3.8, 4) is 0 Å². The molecular weight excluding hydrogens is 178 g/mol. The van der Waals surface area contributed by atoms with E-state index in [1.807, 2.05) is 0 Å². The second kappa shape index (κ2) is 4.92. The van der Waals surface area contributed by atoms with Gasteiger partial charge in [0, 0.05) is 11.8 Å². The van der Waals surface area contributed by atoms with Gasteiger partial charge in [0.15, 0.2) is 0 Å². The van der Waals surface area contributed by atoms with Gasteiger partial charge in [0.2, 0.25) is 0 Å². The predicted molar refractivity (Wildman–Crippen MR) is 49.9 cm³/mol. The van der Waals surface area contributed by atoms with Crippen molar-refractivity contribution in [1.29, 1.82) is 0 Å². The molecule has 0 fully saturated rings. The molecule has 0 aliphatic carbocycles. The molecule has 0 amide bonds. The van der Waals surface area contributed by atoms with E-state index in [4.69, 9.17) is 16.6 Å². The summed E-state index contributed by atoms with van der Waals surface area (Å²) in [6, 6.07) is 3.06. The summed E-state index contributed by atoms with van der Waals surface area (Å²) in [6.07, 6.45) is 1.59. The molecule has 0 aliphatic heterocycles. The van der Waals surface area contributed by atoms with Gasteiger partial charge < -0.3 is 16.6 Å². The molecule has 0 aromatic carbocycles. The first-order valence-corrected chi connectivity index (χ1v) is 3.32. The second-order valence-electron chi connectivity index (χ2n) is 2.27. The molecule has 4 nitrogen and oxygen atoms in total. The van der Waals surface area contributed by atoms with Gasteiger partial charge in [-0.05, 0) is 6.07 Å². The SMILES string of the molecule is Cl.Nc1ncccc1[C@@H](N)CO. The third-order valence-corrected chi connectivity index (χ3v) is 1.47. The predicted octanol–water partition coefficient (Wildman–Crippen LogP) is 0.0777. The Balaban J connectivity index is 0.00000121. The summed E-state index contributed by atoms with van der Waals surface area (Å²) in [5.74, 6) is 0.383. The number of nitrogens with two attached hydrogens (primary N) is 2. The number of nitrogens with zero attached hydrogens (tertiary/aromatic N) is 1. The smallest absolute Gasteiger partial charge is 0.128 e. The molecule has 5 heteroatoms. The quantitative estimate of drug-likeness (QED) is 0.615. The van der Waals surface area contributed by atoms with E-state index in [0.717, 1.165) is 0 Å². The summed E-state index contributed by atoms with van der Waals surface area (Å²) < 4.78 is 0. The van der Waals surface area contributed by atoms with Crippen molar-refractivity contribution in [3.05, 3.63) is 23.9 Å². The number of halogens is 1. The van der Waals surface area contributed by atoms with Gasteiger partial charge in [0.05, 0.1) is 12.6 Å². The van der Waals surface area contributed by atoms with Crippen LogP contribution in [0.1, 0.15) is 11.6 Å². The molecule has 1 atom stereocenters. The summed E-state index contributed by atoms with van der Waals surface area (Å²) in [5, 5.41) is 8.70. The van der Waals surface area contributed by atoms with Crippen molar-refractivity contribution in [1.82, 2.24) is 4.98 Å². The molecule has 5 N–H and O–H groups in total. The molecule has 0 aliphatic rings. The van der Waals surface area contributed by atoms with Crippen molar-refractivity contribution in [2.45, 2.75) is 6.04 Å². The van der Waals surface area contributed by atoms with E-state index in [2.05, 4.69) is 4.98 Å². The Morgan fingerprint density at radius 3 is 2.75 bits per heavy atom. The summed E-state index contributed by atoms with van der Waals surface area (Å²) >= 11 is 0. The zero-order valence-electron chi connectivity index (χ0n) is 6.47. The first kappa shape index (κ1) is 11.2.